The van der Waals surface area contributed by atoms with Crippen molar-refractivity contribution in [2.45, 2.75) is 31.3 Å². The van der Waals surface area contributed by atoms with Gasteiger partial charge in [0, 0.05) is 42.5 Å². The van der Waals surface area contributed by atoms with Gasteiger partial charge in [0.25, 0.3) is 5.91 Å². The van der Waals surface area contributed by atoms with E-state index in [4.69, 9.17) is 0 Å². The number of hydrogen-bond donors (Lipinski definition) is 2. The van der Waals surface area contributed by atoms with Crippen molar-refractivity contribution in [3.8, 4) is 0 Å². The van der Waals surface area contributed by atoms with Crippen LogP contribution in [0.1, 0.15) is 41.1 Å². The molecule has 6 heteroatoms. The summed E-state index contributed by atoms with van der Waals surface area (Å²) >= 11 is 3.44. The molecular formula is C17H21BrN2O3. The van der Waals surface area contributed by atoms with Gasteiger partial charge in [0.1, 0.15) is 0 Å². The summed E-state index contributed by atoms with van der Waals surface area (Å²) in [4.78, 5) is 26.1. The Morgan fingerprint density at radius 1 is 1.35 bits per heavy atom. The molecule has 0 unspecified atom stereocenters. The highest BCUT2D eigenvalue weighted by atomic mass is 79.9. The van der Waals surface area contributed by atoms with E-state index >= 15 is 0 Å². The van der Waals surface area contributed by atoms with Crippen LogP contribution in [0.15, 0.2) is 22.7 Å². The molecule has 5 nitrogen and oxygen atoms in total. The van der Waals surface area contributed by atoms with Crippen LogP contribution in [0.5, 0.6) is 0 Å². The maximum Gasteiger partial charge on any atom is 0.254 e. The second-order valence-electron chi connectivity index (χ2n) is 6.42. The van der Waals surface area contributed by atoms with Gasteiger partial charge in [0.2, 0.25) is 5.91 Å². The van der Waals surface area contributed by atoms with Crippen LogP contribution in [-0.4, -0.2) is 48.1 Å². The smallest absolute Gasteiger partial charge is 0.254 e. The van der Waals surface area contributed by atoms with Crippen LogP contribution in [0.4, 0.5) is 0 Å². The molecule has 0 radical (unpaired) electrons. The highest BCUT2D eigenvalue weighted by Gasteiger charge is 2.37. The molecule has 23 heavy (non-hydrogen) atoms. The van der Waals surface area contributed by atoms with E-state index in [1.807, 2.05) is 18.2 Å². The number of amides is 2. The van der Waals surface area contributed by atoms with Gasteiger partial charge in [-0.3, -0.25) is 9.59 Å². The molecule has 1 aromatic rings. The monoisotopic (exact) mass is 380 g/mol. The van der Waals surface area contributed by atoms with Crippen LogP contribution in [0.2, 0.25) is 0 Å². The molecule has 0 bridgehead atoms. The first-order valence-electron chi connectivity index (χ1n) is 7.97. The fraction of sp³-hybridized carbons (Fsp3) is 0.529. The maximum atomic E-state index is 12.9. The lowest BCUT2D eigenvalue weighted by Gasteiger charge is -2.18. The van der Waals surface area contributed by atoms with E-state index in [1.165, 1.54) is 0 Å². The Morgan fingerprint density at radius 3 is 2.74 bits per heavy atom. The number of nitrogens with zero attached hydrogens (tertiary/aromatic N) is 1. The number of aliphatic hydroxyl groups is 1. The topological polar surface area (TPSA) is 69.6 Å². The minimum Gasteiger partial charge on any atom is -0.391 e. The predicted octanol–water partition coefficient (Wildman–Crippen LogP) is 1.90. The zero-order valence-electron chi connectivity index (χ0n) is 13.1. The molecule has 0 spiro atoms. The molecule has 1 aromatic carbocycles. The van der Waals surface area contributed by atoms with Crippen molar-refractivity contribution < 1.29 is 14.7 Å². The summed E-state index contributed by atoms with van der Waals surface area (Å²) in [6.45, 7) is 0.709. The number of halogens is 1. The minimum absolute atomic E-state index is 0.0494. The molecule has 2 N–H and O–H groups in total. The van der Waals surface area contributed by atoms with Crippen LogP contribution in [0, 0.1) is 5.92 Å². The van der Waals surface area contributed by atoms with Crippen molar-refractivity contribution in [3.05, 3.63) is 33.8 Å². The number of likely N-dealkylation sites (tertiary alicyclic amines) is 1. The Bertz CT molecular complexity index is 630. The average Bonchev–Trinajstić information content (AvgIpc) is 3.31. The molecule has 2 atom stereocenters. The fourth-order valence-electron chi connectivity index (χ4n) is 3.20. The quantitative estimate of drug-likeness (QED) is 0.837. The number of aliphatic hydroxyl groups excluding tert-OH is 1. The van der Waals surface area contributed by atoms with Gasteiger partial charge in [-0.1, -0.05) is 22.0 Å². The van der Waals surface area contributed by atoms with E-state index in [1.54, 1.807) is 11.9 Å². The lowest BCUT2D eigenvalue weighted by atomic mass is 10.0. The Kier molecular flexibility index (Phi) is 4.73. The molecule has 124 valence electrons. The molecule has 1 saturated heterocycles. The fourth-order valence-corrected chi connectivity index (χ4v) is 3.56. The number of hydrogen-bond acceptors (Lipinski definition) is 3. The van der Waals surface area contributed by atoms with Crippen molar-refractivity contribution in [2.24, 2.45) is 5.92 Å². The third-order valence-electron chi connectivity index (χ3n) is 4.68. The van der Waals surface area contributed by atoms with E-state index < -0.39 is 6.10 Å². The predicted molar refractivity (Wildman–Crippen MR) is 90.2 cm³/mol. The van der Waals surface area contributed by atoms with Gasteiger partial charge in [-0.2, -0.15) is 0 Å². The summed E-state index contributed by atoms with van der Waals surface area (Å²) < 4.78 is 0.881. The third kappa shape index (κ3) is 3.58. The first kappa shape index (κ1) is 16.5. The van der Waals surface area contributed by atoms with Gasteiger partial charge >= 0.3 is 0 Å². The lowest BCUT2D eigenvalue weighted by molar-refractivity contribution is -0.122. The summed E-state index contributed by atoms with van der Waals surface area (Å²) in [7, 11) is 1.58. The molecular weight excluding hydrogens is 360 g/mol. The third-order valence-corrected chi connectivity index (χ3v) is 5.18. The number of nitrogens with one attached hydrogen (secondary N) is 1. The highest BCUT2D eigenvalue weighted by Crippen LogP contribution is 2.42. The van der Waals surface area contributed by atoms with Gasteiger partial charge in [0.15, 0.2) is 0 Å². The van der Waals surface area contributed by atoms with E-state index in [0.717, 1.165) is 28.4 Å². The molecule has 1 aliphatic heterocycles. The van der Waals surface area contributed by atoms with Gasteiger partial charge in [-0.15, -0.1) is 0 Å². The van der Waals surface area contributed by atoms with Crippen LogP contribution < -0.4 is 5.32 Å². The molecule has 0 aromatic heterocycles. The van der Waals surface area contributed by atoms with Crippen molar-refractivity contribution in [1.82, 2.24) is 10.2 Å². The second-order valence-corrected chi connectivity index (χ2v) is 7.34. The second kappa shape index (κ2) is 6.61. The average molecular weight is 381 g/mol. The van der Waals surface area contributed by atoms with Gasteiger partial charge in [0.05, 0.1) is 6.10 Å². The van der Waals surface area contributed by atoms with E-state index in [2.05, 4.69) is 21.2 Å². The van der Waals surface area contributed by atoms with Crippen LogP contribution in [-0.2, 0) is 4.79 Å². The molecule has 2 aliphatic rings. The number of benzene rings is 1. The van der Waals surface area contributed by atoms with Gasteiger partial charge in [-0.25, -0.2) is 0 Å². The Balaban J connectivity index is 1.76. The van der Waals surface area contributed by atoms with E-state index in [9.17, 15) is 14.7 Å². The van der Waals surface area contributed by atoms with E-state index in [-0.39, 0.29) is 30.7 Å². The summed E-state index contributed by atoms with van der Waals surface area (Å²) in [5, 5.41) is 12.7. The van der Waals surface area contributed by atoms with Crippen LogP contribution in [0.3, 0.4) is 0 Å². The first-order chi connectivity index (χ1) is 11.0. The SMILES string of the molecule is CNC(=O)C[C@@H]1CN(C(=O)c2cc(Br)ccc2C2CC2)C[C@H]1O. The number of carbonyl (C=O) groups excluding carboxylic acids is 2. The van der Waals surface area contributed by atoms with Gasteiger partial charge < -0.3 is 15.3 Å². The molecule has 2 fully saturated rings. The number of β-amino-alcohol motifs (C(OH)–C–C–N with tert-alkyl or cyclic N) is 1. The van der Waals surface area contributed by atoms with Crippen LogP contribution in [0.25, 0.3) is 0 Å². The Morgan fingerprint density at radius 2 is 2.09 bits per heavy atom. The van der Waals surface area contributed by atoms with Crippen molar-refractivity contribution >= 4 is 27.7 Å². The highest BCUT2D eigenvalue weighted by molar-refractivity contribution is 9.10. The Hall–Kier alpha value is -1.40. The summed E-state index contributed by atoms with van der Waals surface area (Å²) in [5.41, 5.74) is 1.82. The standard InChI is InChI=1S/C17H21BrN2O3/c1-19-16(22)6-11-8-20(9-15(11)21)17(23)14-7-12(18)4-5-13(14)10-2-3-10/h4-5,7,10-11,15,21H,2-3,6,8-9H2,1H3,(H,19,22)/t11-,15-/m1/s1. The van der Waals surface area contributed by atoms with Crippen LogP contribution >= 0.6 is 15.9 Å². The van der Waals surface area contributed by atoms with Gasteiger partial charge in [-0.05, 0) is 36.5 Å². The molecule has 1 aliphatic carbocycles. The number of rotatable bonds is 4. The number of carbonyl (C=O) groups is 2. The molecule has 3 rings (SSSR count). The zero-order chi connectivity index (χ0) is 16.6. The Labute approximate surface area is 144 Å². The van der Waals surface area contributed by atoms with E-state index in [0.29, 0.717) is 12.5 Å². The normalized spacial score (nSPS) is 23.9. The summed E-state index contributed by atoms with van der Waals surface area (Å²) in [6.07, 6.45) is 1.86. The molecule has 2 amide bonds. The van der Waals surface area contributed by atoms with Crippen molar-refractivity contribution in [3.63, 3.8) is 0 Å². The zero-order valence-corrected chi connectivity index (χ0v) is 14.7. The first-order valence-corrected chi connectivity index (χ1v) is 8.76. The van der Waals surface area contributed by atoms with Crippen molar-refractivity contribution in [2.75, 3.05) is 20.1 Å². The molecule has 1 heterocycles. The minimum atomic E-state index is -0.646. The lowest BCUT2D eigenvalue weighted by Crippen LogP contribution is -2.30. The van der Waals surface area contributed by atoms with Crippen molar-refractivity contribution in [1.29, 1.82) is 0 Å². The largest absolute Gasteiger partial charge is 0.391 e. The maximum absolute atomic E-state index is 12.9. The summed E-state index contributed by atoms with van der Waals surface area (Å²) in [5.74, 6) is 0.128. The molecule has 1 saturated carbocycles. The summed E-state index contributed by atoms with van der Waals surface area (Å²) in [6, 6.07) is 5.86.